The van der Waals surface area contributed by atoms with Gasteiger partial charge in [0.25, 0.3) is 0 Å². The molecule has 180 valence electrons. The maximum Gasteiger partial charge on any atom is 0.416 e. The largest absolute Gasteiger partial charge is 0.481 e. The number of anilines is 1. The summed E-state index contributed by atoms with van der Waals surface area (Å²) in [4.78, 5) is 35.9. The lowest BCUT2D eigenvalue weighted by atomic mass is 9.90. The van der Waals surface area contributed by atoms with Crippen LogP contribution in [0, 0.1) is 0 Å². The SMILES string of the molecule is CC1(NC(=O)CCC(=O)O)CN(C(=O)Nc2ccc(C(F)(F)F)cc2)N=C1c1ccc(Cl)cc1. The highest BCUT2D eigenvalue weighted by Gasteiger charge is 2.42. The number of urea groups is 1. The first kappa shape index (κ1) is 25.0. The number of hydrazone groups is 1. The van der Waals surface area contributed by atoms with Gasteiger partial charge < -0.3 is 15.7 Å². The fourth-order valence-electron chi connectivity index (χ4n) is 3.36. The van der Waals surface area contributed by atoms with Gasteiger partial charge in [-0.2, -0.15) is 18.3 Å². The van der Waals surface area contributed by atoms with Gasteiger partial charge in [0.2, 0.25) is 5.91 Å². The number of carbonyl (C=O) groups excluding carboxylic acids is 2. The number of hydrogen-bond acceptors (Lipinski definition) is 4. The number of rotatable bonds is 6. The molecule has 1 aliphatic heterocycles. The van der Waals surface area contributed by atoms with Crippen LogP contribution in [-0.4, -0.2) is 45.8 Å². The first-order valence-corrected chi connectivity index (χ1v) is 10.4. The Morgan fingerprint density at radius 2 is 1.71 bits per heavy atom. The number of nitrogens with one attached hydrogen (secondary N) is 2. The van der Waals surface area contributed by atoms with Crippen molar-refractivity contribution in [2.45, 2.75) is 31.5 Å². The topological polar surface area (TPSA) is 111 Å². The Kier molecular flexibility index (Phi) is 7.15. The molecule has 34 heavy (non-hydrogen) atoms. The third-order valence-electron chi connectivity index (χ3n) is 5.01. The lowest BCUT2D eigenvalue weighted by Crippen LogP contribution is -2.54. The van der Waals surface area contributed by atoms with Gasteiger partial charge in [-0.25, -0.2) is 9.80 Å². The molecule has 0 radical (unpaired) electrons. The summed E-state index contributed by atoms with van der Waals surface area (Å²) < 4.78 is 38.3. The molecule has 1 unspecified atom stereocenters. The molecule has 1 atom stereocenters. The highest BCUT2D eigenvalue weighted by atomic mass is 35.5. The third kappa shape index (κ3) is 6.04. The third-order valence-corrected chi connectivity index (χ3v) is 5.26. The fraction of sp³-hybridized carbons (Fsp3) is 0.273. The smallest absolute Gasteiger partial charge is 0.416 e. The van der Waals surface area contributed by atoms with Crippen LogP contribution in [0.15, 0.2) is 53.6 Å². The monoisotopic (exact) mass is 496 g/mol. The standard InChI is InChI=1S/C22H20ClF3N4O4/c1-21(28-17(31)10-11-18(32)33)12-30(29-19(21)13-2-6-15(23)7-3-13)20(34)27-16-8-4-14(5-9-16)22(24,25)26/h2-9H,10-12H2,1H3,(H,27,34)(H,28,31)(H,32,33). The van der Waals surface area contributed by atoms with E-state index in [2.05, 4.69) is 15.7 Å². The molecule has 1 aliphatic rings. The highest BCUT2D eigenvalue weighted by molar-refractivity contribution is 6.30. The van der Waals surface area contributed by atoms with Crippen molar-refractivity contribution in [2.75, 3.05) is 11.9 Å². The van der Waals surface area contributed by atoms with Crippen molar-refractivity contribution in [3.05, 3.63) is 64.7 Å². The molecule has 0 aliphatic carbocycles. The number of nitrogens with zero attached hydrogens (tertiary/aromatic N) is 2. The molecule has 0 fully saturated rings. The molecule has 12 heteroatoms. The zero-order chi connectivity index (χ0) is 25.1. The van der Waals surface area contributed by atoms with Gasteiger partial charge in [-0.1, -0.05) is 23.7 Å². The predicted molar refractivity (Wildman–Crippen MR) is 119 cm³/mol. The van der Waals surface area contributed by atoms with Gasteiger partial charge >= 0.3 is 18.2 Å². The fourth-order valence-corrected chi connectivity index (χ4v) is 3.49. The quantitative estimate of drug-likeness (QED) is 0.552. The normalized spacial score (nSPS) is 17.8. The van der Waals surface area contributed by atoms with Crippen molar-refractivity contribution in [2.24, 2.45) is 5.10 Å². The summed E-state index contributed by atoms with van der Waals surface area (Å²) in [5.41, 5.74) is -1.00. The number of carbonyl (C=O) groups is 3. The van der Waals surface area contributed by atoms with E-state index in [-0.39, 0.29) is 25.1 Å². The summed E-state index contributed by atoms with van der Waals surface area (Å²) in [6.07, 6.45) is -5.14. The van der Waals surface area contributed by atoms with E-state index >= 15 is 0 Å². The predicted octanol–water partition coefficient (Wildman–Crippen LogP) is 4.35. The molecule has 1 heterocycles. The van der Waals surface area contributed by atoms with Gasteiger partial charge in [0.1, 0.15) is 5.54 Å². The number of alkyl halides is 3. The summed E-state index contributed by atoms with van der Waals surface area (Å²) in [5, 5.41) is 19.9. The maximum absolute atomic E-state index is 12.8. The minimum Gasteiger partial charge on any atom is -0.481 e. The average molecular weight is 497 g/mol. The van der Waals surface area contributed by atoms with Crippen LogP contribution in [0.4, 0.5) is 23.7 Å². The molecule has 0 saturated heterocycles. The van der Waals surface area contributed by atoms with E-state index in [9.17, 15) is 27.6 Å². The first-order chi connectivity index (χ1) is 15.9. The van der Waals surface area contributed by atoms with Crippen LogP contribution in [0.25, 0.3) is 0 Å². The zero-order valence-electron chi connectivity index (χ0n) is 17.8. The van der Waals surface area contributed by atoms with E-state index in [1.165, 1.54) is 0 Å². The Morgan fingerprint density at radius 1 is 1.09 bits per heavy atom. The summed E-state index contributed by atoms with van der Waals surface area (Å²) in [5.74, 6) is -1.67. The Labute approximate surface area is 197 Å². The van der Waals surface area contributed by atoms with Crippen LogP contribution in [-0.2, 0) is 15.8 Å². The molecule has 0 bridgehead atoms. The molecule has 2 aromatic rings. The van der Waals surface area contributed by atoms with Crippen LogP contribution in [0.1, 0.15) is 30.9 Å². The molecular weight excluding hydrogens is 477 g/mol. The molecule has 3 rings (SSSR count). The van der Waals surface area contributed by atoms with Gasteiger partial charge in [-0.05, 0) is 43.3 Å². The molecule has 0 saturated carbocycles. The zero-order valence-corrected chi connectivity index (χ0v) is 18.6. The number of aliphatic carboxylic acids is 1. The van der Waals surface area contributed by atoms with Crippen LogP contribution in [0.3, 0.4) is 0 Å². The average Bonchev–Trinajstić information content (AvgIpc) is 3.09. The molecular formula is C22H20ClF3N4O4. The van der Waals surface area contributed by atoms with E-state index in [0.29, 0.717) is 16.3 Å². The maximum atomic E-state index is 12.8. The van der Waals surface area contributed by atoms with Gasteiger partial charge in [0, 0.05) is 22.7 Å². The van der Waals surface area contributed by atoms with Crippen molar-refractivity contribution in [3.63, 3.8) is 0 Å². The number of halogens is 4. The number of amides is 3. The Hall–Kier alpha value is -3.60. The number of hydrogen-bond donors (Lipinski definition) is 3. The summed E-state index contributed by atoms with van der Waals surface area (Å²) >= 11 is 5.94. The number of carboxylic acids is 1. The van der Waals surface area contributed by atoms with E-state index in [1.54, 1.807) is 31.2 Å². The Balaban J connectivity index is 1.82. The molecule has 0 spiro atoms. The molecule has 0 aromatic heterocycles. The summed E-state index contributed by atoms with van der Waals surface area (Å²) in [6.45, 7) is 1.53. The van der Waals surface area contributed by atoms with E-state index in [1.807, 2.05) is 0 Å². The van der Waals surface area contributed by atoms with Crippen molar-refractivity contribution in [3.8, 4) is 0 Å². The van der Waals surface area contributed by atoms with Crippen LogP contribution >= 0.6 is 11.6 Å². The van der Waals surface area contributed by atoms with Gasteiger partial charge in [0.15, 0.2) is 0 Å². The van der Waals surface area contributed by atoms with Gasteiger partial charge in [0.05, 0.1) is 24.2 Å². The van der Waals surface area contributed by atoms with Crippen molar-refractivity contribution in [1.82, 2.24) is 10.3 Å². The summed E-state index contributed by atoms with van der Waals surface area (Å²) in [7, 11) is 0. The minimum absolute atomic E-state index is 0.101. The molecule has 3 amide bonds. The lowest BCUT2D eigenvalue weighted by molar-refractivity contribution is -0.139. The Morgan fingerprint density at radius 3 is 2.26 bits per heavy atom. The second kappa shape index (κ2) is 9.72. The van der Waals surface area contributed by atoms with Crippen molar-refractivity contribution < 1.29 is 32.7 Å². The molecule has 8 nitrogen and oxygen atoms in total. The number of benzene rings is 2. The first-order valence-electron chi connectivity index (χ1n) is 10.0. The number of carboxylic acid groups (broad SMARTS) is 1. The molecule has 2 aromatic carbocycles. The van der Waals surface area contributed by atoms with E-state index in [0.717, 1.165) is 29.3 Å². The second-order valence-corrected chi connectivity index (χ2v) is 8.23. The molecule has 3 N–H and O–H groups in total. The van der Waals surface area contributed by atoms with Gasteiger partial charge in [-0.15, -0.1) is 0 Å². The minimum atomic E-state index is -4.50. The van der Waals surface area contributed by atoms with E-state index in [4.69, 9.17) is 16.7 Å². The lowest BCUT2D eigenvalue weighted by Gasteiger charge is -2.28. The van der Waals surface area contributed by atoms with Crippen molar-refractivity contribution >= 4 is 40.9 Å². The highest BCUT2D eigenvalue weighted by Crippen LogP contribution is 2.30. The van der Waals surface area contributed by atoms with Crippen LogP contribution < -0.4 is 10.6 Å². The van der Waals surface area contributed by atoms with E-state index < -0.39 is 35.2 Å². The summed E-state index contributed by atoms with van der Waals surface area (Å²) in [6, 6.07) is 9.72. The van der Waals surface area contributed by atoms with Crippen molar-refractivity contribution in [1.29, 1.82) is 0 Å². The second-order valence-electron chi connectivity index (χ2n) is 7.79. The Bertz CT molecular complexity index is 1120. The van der Waals surface area contributed by atoms with Crippen LogP contribution in [0.5, 0.6) is 0 Å². The van der Waals surface area contributed by atoms with Crippen LogP contribution in [0.2, 0.25) is 5.02 Å². The van der Waals surface area contributed by atoms with Gasteiger partial charge in [-0.3, -0.25) is 9.59 Å².